The number of carbonyl (C=O) groups excluding carboxylic acids is 2. The highest BCUT2D eigenvalue weighted by Crippen LogP contribution is 2.40. The van der Waals surface area contributed by atoms with Gasteiger partial charge in [0.05, 0.1) is 29.9 Å². The highest BCUT2D eigenvalue weighted by atomic mass is 32.1. The van der Waals surface area contributed by atoms with Crippen LogP contribution >= 0.6 is 11.3 Å². The molecule has 36 heavy (non-hydrogen) atoms. The number of hydrogen-bond acceptors (Lipinski definition) is 6. The molecule has 1 N–H and O–H groups in total. The minimum atomic E-state index is -0.618. The lowest BCUT2D eigenvalue weighted by Crippen LogP contribution is -2.57. The molecule has 0 saturated carbocycles. The lowest BCUT2D eigenvalue weighted by molar-refractivity contribution is -0.142. The molecule has 1 aromatic carbocycles. The van der Waals surface area contributed by atoms with Gasteiger partial charge in [-0.3, -0.25) is 9.59 Å². The number of nitrogens with zero attached hydrogens (tertiary/aromatic N) is 3. The quantitative estimate of drug-likeness (QED) is 0.495. The maximum Gasteiger partial charge on any atom is 0.234 e. The zero-order chi connectivity index (χ0) is 25.3. The van der Waals surface area contributed by atoms with E-state index < -0.39 is 5.41 Å². The molecule has 0 radical (unpaired) electrons. The Morgan fingerprint density at radius 2 is 1.81 bits per heavy atom. The number of rotatable bonds is 7. The van der Waals surface area contributed by atoms with Gasteiger partial charge in [0.2, 0.25) is 12.3 Å². The van der Waals surface area contributed by atoms with Gasteiger partial charge in [0.15, 0.2) is 0 Å². The van der Waals surface area contributed by atoms with Gasteiger partial charge in [-0.25, -0.2) is 0 Å². The van der Waals surface area contributed by atoms with Crippen LogP contribution in [-0.2, 0) is 21.4 Å². The third-order valence-corrected chi connectivity index (χ3v) is 8.81. The molecule has 3 aromatic rings. The van der Waals surface area contributed by atoms with Crippen LogP contribution in [-0.4, -0.2) is 92.5 Å². The summed E-state index contributed by atoms with van der Waals surface area (Å²) in [4.78, 5) is 36.3. The van der Waals surface area contributed by atoms with Gasteiger partial charge in [0, 0.05) is 62.3 Å². The van der Waals surface area contributed by atoms with Gasteiger partial charge < -0.3 is 29.2 Å². The Morgan fingerprint density at radius 1 is 1.06 bits per heavy atom. The second-order valence-electron chi connectivity index (χ2n) is 9.85. The number of carbonyl (C=O) groups is 2. The number of hydrogen-bond donors (Lipinski definition) is 1. The van der Waals surface area contributed by atoms with E-state index in [-0.39, 0.29) is 5.91 Å². The number of methoxy groups -OCH3 is 2. The van der Waals surface area contributed by atoms with Gasteiger partial charge >= 0.3 is 0 Å². The first-order valence-electron chi connectivity index (χ1n) is 12.5. The summed E-state index contributed by atoms with van der Waals surface area (Å²) < 4.78 is 12.0. The molecule has 5 rings (SSSR count). The molecule has 2 fully saturated rings. The van der Waals surface area contributed by atoms with Crippen molar-refractivity contribution in [1.82, 2.24) is 19.7 Å². The van der Waals surface area contributed by atoms with Crippen LogP contribution in [0.3, 0.4) is 0 Å². The fourth-order valence-electron chi connectivity index (χ4n) is 5.43. The summed E-state index contributed by atoms with van der Waals surface area (Å²) in [7, 11) is 5.42. The van der Waals surface area contributed by atoms with Crippen LogP contribution in [0.4, 0.5) is 0 Å². The SMILES string of the molecule is COc1ccc(Cc2cc3[nH]c(C4(C(=O)N5CCN(C)CC5)CCN(C=O)CC4)cc3s2)c(OC)c1. The van der Waals surface area contributed by atoms with E-state index in [0.29, 0.717) is 25.9 Å². The Labute approximate surface area is 215 Å². The number of fused-ring (bicyclic) bond motifs is 1. The smallest absolute Gasteiger partial charge is 0.234 e. The number of benzene rings is 1. The van der Waals surface area contributed by atoms with E-state index in [1.165, 1.54) is 4.88 Å². The van der Waals surface area contributed by atoms with E-state index in [1.807, 2.05) is 23.1 Å². The predicted molar refractivity (Wildman–Crippen MR) is 141 cm³/mol. The zero-order valence-corrected chi connectivity index (χ0v) is 22.0. The average Bonchev–Trinajstić information content (AvgIpc) is 3.48. The first kappa shape index (κ1) is 24.6. The molecule has 4 heterocycles. The first-order valence-corrected chi connectivity index (χ1v) is 13.3. The second-order valence-corrected chi connectivity index (χ2v) is 11.0. The van der Waals surface area contributed by atoms with Gasteiger partial charge in [-0.2, -0.15) is 0 Å². The van der Waals surface area contributed by atoms with Crippen molar-refractivity contribution in [3.05, 3.63) is 46.5 Å². The minimum Gasteiger partial charge on any atom is -0.497 e. The molecule has 2 aromatic heterocycles. The molecular formula is C27H34N4O4S. The lowest BCUT2D eigenvalue weighted by Gasteiger charge is -2.43. The number of nitrogens with one attached hydrogen (secondary N) is 1. The predicted octanol–water partition coefficient (Wildman–Crippen LogP) is 3.10. The summed E-state index contributed by atoms with van der Waals surface area (Å²) in [6, 6.07) is 10.3. The van der Waals surface area contributed by atoms with Crippen LogP contribution in [0, 0.1) is 0 Å². The Balaban J connectivity index is 1.42. The molecule has 0 atom stereocenters. The van der Waals surface area contributed by atoms with E-state index in [4.69, 9.17) is 9.47 Å². The molecule has 0 aliphatic carbocycles. The Morgan fingerprint density at radius 3 is 2.44 bits per heavy atom. The van der Waals surface area contributed by atoms with Gasteiger partial charge in [-0.1, -0.05) is 6.07 Å². The van der Waals surface area contributed by atoms with E-state index in [9.17, 15) is 9.59 Å². The van der Waals surface area contributed by atoms with Crippen LogP contribution in [0.2, 0.25) is 0 Å². The largest absolute Gasteiger partial charge is 0.497 e. The lowest BCUT2D eigenvalue weighted by atomic mass is 9.74. The number of ether oxygens (including phenoxy) is 2. The van der Waals surface area contributed by atoms with E-state index >= 15 is 0 Å². The van der Waals surface area contributed by atoms with Gasteiger partial charge in [-0.05, 0) is 43.7 Å². The zero-order valence-electron chi connectivity index (χ0n) is 21.2. The number of likely N-dealkylation sites (N-methyl/N-ethyl adjacent to an activating group) is 1. The molecule has 2 aliphatic heterocycles. The molecule has 9 heteroatoms. The second kappa shape index (κ2) is 10.1. The van der Waals surface area contributed by atoms with Crippen LogP contribution < -0.4 is 9.47 Å². The summed E-state index contributed by atoms with van der Waals surface area (Å²) >= 11 is 1.74. The fraction of sp³-hybridized carbons (Fsp3) is 0.481. The number of piperazine rings is 1. The maximum absolute atomic E-state index is 14.0. The molecule has 2 aliphatic rings. The standard InChI is InChI=1S/C27H34N4O4S/c1-29-10-12-31(13-11-29)26(33)27(6-8-30(18-32)9-7-27)25-17-24-22(28-25)16-21(36-24)14-19-4-5-20(34-2)15-23(19)35-3/h4-5,15-18,28H,6-14H2,1-3H3. The maximum atomic E-state index is 14.0. The van der Waals surface area contributed by atoms with Crippen LogP contribution in [0.25, 0.3) is 10.2 Å². The summed E-state index contributed by atoms with van der Waals surface area (Å²) in [5.74, 6) is 1.78. The number of piperidine rings is 1. The van der Waals surface area contributed by atoms with Crippen molar-refractivity contribution in [3.8, 4) is 11.5 Å². The topological polar surface area (TPSA) is 78.1 Å². The van der Waals surface area contributed by atoms with Crippen LogP contribution in [0.15, 0.2) is 30.3 Å². The first-order chi connectivity index (χ1) is 17.5. The van der Waals surface area contributed by atoms with Crippen molar-refractivity contribution in [3.63, 3.8) is 0 Å². The van der Waals surface area contributed by atoms with E-state index in [1.54, 1.807) is 30.5 Å². The monoisotopic (exact) mass is 510 g/mol. The van der Waals surface area contributed by atoms with E-state index in [2.05, 4.69) is 29.1 Å². The number of aromatic nitrogens is 1. The Kier molecular flexibility index (Phi) is 6.94. The molecule has 2 saturated heterocycles. The third-order valence-electron chi connectivity index (χ3n) is 7.73. The number of aromatic amines is 1. The summed E-state index contributed by atoms with van der Waals surface area (Å²) in [5, 5.41) is 0. The molecule has 0 bridgehead atoms. The van der Waals surface area contributed by atoms with Crippen molar-refractivity contribution >= 4 is 33.9 Å². The number of H-pyrrole nitrogens is 1. The van der Waals surface area contributed by atoms with Gasteiger partial charge in [0.1, 0.15) is 11.5 Å². The number of likely N-dealkylation sites (tertiary alicyclic amines) is 1. The van der Waals surface area contributed by atoms with Crippen molar-refractivity contribution in [2.24, 2.45) is 0 Å². The molecule has 2 amide bonds. The minimum absolute atomic E-state index is 0.193. The van der Waals surface area contributed by atoms with Crippen molar-refractivity contribution in [2.45, 2.75) is 24.7 Å². The summed E-state index contributed by atoms with van der Waals surface area (Å²) in [6.45, 7) is 4.46. The van der Waals surface area contributed by atoms with Gasteiger partial charge in [0.25, 0.3) is 0 Å². The molecule has 0 unspecified atom stereocenters. The van der Waals surface area contributed by atoms with Crippen molar-refractivity contribution < 1.29 is 19.1 Å². The van der Waals surface area contributed by atoms with Crippen LogP contribution in [0.5, 0.6) is 11.5 Å². The average molecular weight is 511 g/mol. The highest BCUT2D eigenvalue weighted by molar-refractivity contribution is 7.19. The fourth-order valence-corrected chi connectivity index (χ4v) is 6.51. The Hall–Kier alpha value is -3.04. The van der Waals surface area contributed by atoms with Crippen molar-refractivity contribution in [2.75, 3.05) is 60.5 Å². The summed E-state index contributed by atoms with van der Waals surface area (Å²) in [5.41, 5.74) is 2.52. The number of amides is 2. The van der Waals surface area contributed by atoms with Gasteiger partial charge in [-0.15, -0.1) is 11.3 Å². The molecule has 8 nitrogen and oxygen atoms in total. The highest BCUT2D eigenvalue weighted by Gasteiger charge is 2.46. The molecule has 0 spiro atoms. The third kappa shape index (κ3) is 4.57. The number of thiophene rings is 1. The van der Waals surface area contributed by atoms with Crippen LogP contribution in [0.1, 0.15) is 29.0 Å². The summed E-state index contributed by atoms with van der Waals surface area (Å²) in [6.07, 6.45) is 2.94. The van der Waals surface area contributed by atoms with E-state index in [0.717, 1.165) is 72.0 Å². The normalized spacial score (nSPS) is 18.4. The Bertz CT molecular complexity index is 1200. The molecule has 192 valence electrons. The molecular weight excluding hydrogens is 476 g/mol. The van der Waals surface area contributed by atoms with Crippen molar-refractivity contribution in [1.29, 1.82) is 0 Å².